The maximum atomic E-state index is 13.4. The number of carboxylic acids is 1. The molecule has 2 aliphatic rings. The monoisotopic (exact) mass is 541 g/mol. The van der Waals surface area contributed by atoms with Crippen molar-refractivity contribution in [3.05, 3.63) is 53.8 Å². The number of urea groups is 1. The Hall–Kier alpha value is -3.54. The number of likely N-dealkylation sites (tertiary alicyclic amines) is 1. The predicted octanol–water partition coefficient (Wildman–Crippen LogP) is 4.65. The van der Waals surface area contributed by atoms with E-state index in [1.54, 1.807) is 26.4 Å². The number of nitrogens with zero attached hydrogens (tertiary/aromatic N) is 1. The first kappa shape index (κ1) is 29.0. The maximum absolute atomic E-state index is 13.4. The molecule has 1 heterocycles. The minimum atomic E-state index is -5.08. The average Bonchev–Trinajstić information content (AvgIpc) is 3.19. The molecule has 3 atom stereocenters. The van der Waals surface area contributed by atoms with E-state index in [2.05, 4.69) is 34.7 Å². The summed E-state index contributed by atoms with van der Waals surface area (Å²) < 4.78 is 56.1. The van der Waals surface area contributed by atoms with Gasteiger partial charge in [0.1, 0.15) is 5.82 Å². The number of methoxy groups -OCH3 is 2. The molecule has 0 spiro atoms. The minimum absolute atomic E-state index is 0.0333. The molecule has 1 saturated carbocycles. The van der Waals surface area contributed by atoms with E-state index in [1.807, 2.05) is 6.07 Å². The minimum Gasteiger partial charge on any atom is -0.493 e. The normalized spacial score (nSPS) is 22.9. The van der Waals surface area contributed by atoms with Crippen molar-refractivity contribution in [2.45, 2.75) is 36.9 Å². The lowest BCUT2D eigenvalue weighted by Gasteiger charge is -2.42. The first-order chi connectivity index (χ1) is 17.9. The number of hydrogen-bond donors (Lipinski definition) is 3. The Morgan fingerprint density at radius 3 is 2.39 bits per heavy atom. The van der Waals surface area contributed by atoms with Crippen molar-refractivity contribution >= 4 is 17.7 Å². The molecule has 12 heteroatoms. The largest absolute Gasteiger partial charge is 0.493 e. The number of carbonyl (C=O) groups excluding carboxylic acids is 1. The highest BCUT2D eigenvalue weighted by atomic mass is 19.4. The fraction of sp³-hybridized carbons (Fsp3) is 0.462. The zero-order valence-electron chi connectivity index (χ0n) is 21.3. The summed E-state index contributed by atoms with van der Waals surface area (Å²) in [6.45, 7) is 1.97. The van der Waals surface area contributed by atoms with Gasteiger partial charge in [-0.1, -0.05) is 12.1 Å². The second-order valence-corrected chi connectivity index (χ2v) is 9.50. The van der Waals surface area contributed by atoms with E-state index in [4.69, 9.17) is 19.4 Å². The molecule has 0 aromatic heterocycles. The van der Waals surface area contributed by atoms with Crippen molar-refractivity contribution in [2.24, 2.45) is 5.92 Å². The van der Waals surface area contributed by atoms with E-state index >= 15 is 0 Å². The molecule has 208 valence electrons. The number of benzene rings is 2. The van der Waals surface area contributed by atoms with E-state index in [0.29, 0.717) is 11.6 Å². The lowest BCUT2D eigenvalue weighted by atomic mass is 9.63. The van der Waals surface area contributed by atoms with Crippen LogP contribution in [0.2, 0.25) is 0 Å². The molecule has 3 N–H and O–H groups in total. The molecule has 2 fully saturated rings. The first-order valence-electron chi connectivity index (χ1n) is 11.9. The molecule has 2 aromatic carbocycles. The van der Waals surface area contributed by atoms with Gasteiger partial charge in [0, 0.05) is 30.2 Å². The Morgan fingerprint density at radius 2 is 1.79 bits per heavy atom. The van der Waals surface area contributed by atoms with Gasteiger partial charge in [-0.15, -0.1) is 0 Å². The van der Waals surface area contributed by atoms with Gasteiger partial charge < -0.3 is 30.1 Å². The third-order valence-electron chi connectivity index (χ3n) is 6.99. The molecule has 4 rings (SSSR count). The third kappa shape index (κ3) is 6.85. The fourth-order valence-electron chi connectivity index (χ4n) is 5.37. The van der Waals surface area contributed by atoms with Gasteiger partial charge in [-0.05, 0) is 68.1 Å². The van der Waals surface area contributed by atoms with Crippen molar-refractivity contribution in [1.29, 1.82) is 0 Å². The van der Waals surface area contributed by atoms with Crippen LogP contribution in [0.5, 0.6) is 11.5 Å². The number of fused-ring (bicyclic) bond motifs is 1. The van der Waals surface area contributed by atoms with Gasteiger partial charge in [-0.25, -0.2) is 14.0 Å². The zero-order chi connectivity index (χ0) is 28.1. The molecule has 38 heavy (non-hydrogen) atoms. The molecule has 1 saturated heterocycles. The summed E-state index contributed by atoms with van der Waals surface area (Å²) in [6, 6.07) is 12.0. The number of amides is 2. The Labute approximate surface area is 217 Å². The molecule has 3 unspecified atom stereocenters. The summed E-state index contributed by atoms with van der Waals surface area (Å²) in [5, 5.41) is 12.9. The van der Waals surface area contributed by atoms with Crippen LogP contribution in [0, 0.1) is 11.7 Å². The molecule has 0 bridgehead atoms. The van der Waals surface area contributed by atoms with E-state index in [0.717, 1.165) is 43.9 Å². The second-order valence-electron chi connectivity index (χ2n) is 9.50. The molecule has 0 radical (unpaired) electrons. The number of carboxylic acid groups (broad SMARTS) is 1. The Morgan fingerprint density at radius 1 is 1.11 bits per heavy atom. The van der Waals surface area contributed by atoms with Crippen molar-refractivity contribution in [3.63, 3.8) is 0 Å². The lowest BCUT2D eigenvalue weighted by Crippen LogP contribution is -2.48. The number of likely N-dealkylation sites (N-methyl/N-ethyl adjacent to an activating group) is 1. The summed E-state index contributed by atoms with van der Waals surface area (Å²) in [5.74, 6) is -1.23. The van der Waals surface area contributed by atoms with Crippen LogP contribution in [0.4, 0.5) is 28.0 Å². The van der Waals surface area contributed by atoms with Gasteiger partial charge in [0.2, 0.25) is 0 Å². The van der Waals surface area contributed by atoms with Gasteiger partial charge in [-0.2, -0.15) is 13.2 Å². The van der Waals surface area contributed by atoms with Crippen LogP contribution >= 0.6 is 0 Å². The summed E-state index contributed by atoms with van der Waals surface area (Å²) in [4.78, 5) is 23.7. The van der Waals surface area contributed by atoms with Crippen LogP contribution in [-0.4, -0.2) is 68.6 Å². The quantitative estimate of drug-likeness (QED) is 0.477. The van der Waals surface area contributed by atoms with E-state index in [9.17, 15) is 22.4 Å². The van der Waals surface area contributed by atoms with Crippen molar-refractivity contribution < 1.29 is 41.7 Å². The zero-order valence-corrected chi connectivity index (χ0v) is 21.3. The third-order valence-corrected chi connectivity index (χ3v) is 6.99. The Kier molecular flexibility index (Phi) is 9.08. The number of halogens is 4. The van der Waals surface area contributed by atoms with Crippen LogP contribution in [0.25, 0.3) is 0 Å². The molecule has 2 aromatic rings. The van der Waals surface area contributed by atoms with E-state index in [-0.39, 0.29) is 23.3 Å². The highest BCUT2D eigenvalue weighted by Gasteiger charge is 2.50. The smallest absolute Gasteiger partial charge is 0.490 e. The summed E-state index contributed by atoms with van der Waals surface area (Å²) in [7, 11) is 5.46. The summed E-state index contributed by atoms with van der Waals surface area (Å²) in [6.07, 6.45) is -2.33. The molecule has 2 amide bonds. The van der Waals surface area contributed by atoms with Gasteiger partial charge in [-0.3, -0.25) is 0 Å². The first-order valence-corrected chi connectivity index (χ1v) is 11.9. The lowest BCUT2D eigenvalue weighted by molar-refractivity contribution is -0.192. The predicted molar refractivity (Wildman–Crippen MR) is 132 cm³/mol. The fourth-order valence-corrected chi connectivity index (χ4v) is 5.37. The number of aliphatic carboxylic acids is 1. The number of hydrogen-bond acceptors (Lipinski definition) is 5. The van der Waals surface area contributed by atoms with Crippen LogP contribution in [0.1, 0.15) is 24.8 Å². The topological polar surface area (TPSA) is 100 Å². The molecule has 8 nitrogen and oxygen atoms in total. The van der Waals surface area contributed by atoms with Crippen LogP contribution in [0.3, 0.4) is 0 Å². The highest BCUT2D eigenvalue weighted by molar-refractivity contribution is 5.89. The van der Waals surface area contributed by atoms with E-state index < -0.39 is 12.1 Å². The Bertz CT molecular complexity index is 1150. The standard InChI is InChI=1S/C24H30FN3O3.C2HF3O2/c1-28-14-17-11-20(27-23(29)26-19-6-4-5-18(25)13-19)9-10-24(17,15-28)16-7-8-21(30-2)22(12-16)31-3;3-2(4,5)1(6)7/h4-8,12-13,17,20H,9-11,14-15H2,1-3H3,(H2,26,27,29);(H,6,7). The molecule has 1 aliphatic heterocycles. The van der Waals surface area contributed by atoms with Gasteiger partial charge >= 0.3 is 18.2 Å². The molecular weight excluding hydrogens is 510 g/mol. The van der Waals surface area contributed by atoms with Gasteiger partial charge in [0.25, 0.3) is 0 Å². The summed E-state index contributed by atoms with van der Waals surface area (Å²) in [5.41, 5.74) is 1.75. The number of nitrogens with one attached hydrogen (secondary N) is 2. The van der Waals surface area contributed by atoms with E-state index in [1.165, 1.54) is 17.7 Å². The highest BCUT2D eigenvalue weighted by Crippen LogP contribution is 2.49. The van der Waals surface area contributed by atoms with Crippen molar-refractivity contribution in [3.8, 4) is 11.5 Å². The van der Waals surface area contributed by atoms with Crippen LogP contribution in [-0.2, 0) is 10.2 Å². The molecular formula is C26H31F4N3O5. The number of alkyl halides is 3. The number of rotatable bonds is 5. The average molecular weight is 542 g/mol. The number of carbonyl (C=O) groups is 2. The number of anilines is 1. The van der Waals surface area contributed by atoms with Crippen molar-refractivity contribution in [2.75, 3.05) is 39.7 Å². The Balaban J connectivity index is 0.000000505. The summed E-state index contributed by atoms with van der Waals surface area (Å²) >= 11 is 0. The maximum Gasteiger partial charge on any atom is 0.490 e. The van der Waals surface area contributed by atoms with Crippen molar-refractivity contribution in [1.82, 2.24) is 10.2 Å². The molecule has 1 aliphatic carbocycles. The van der Waals surface area contributed by atoms with Gasteiger partial charge in [0.15, 0.2) is 11.5 Å². The second kappa shape index (κ2) is 11.9. The van der Waals surface area contributed by atoms with Gasteiger partial charge in [0.05, 0.1) is 14.2 Å². The van der Waals surface area contributed by atoms with Crippen LogP contribution < -0.4 is 20.1 Å². The van der Waals surface area contributed by atoms with Crippen LogP contribution in [0.15, 0.2) is 42.5 Å². The number of ether oxygens (including phenoxy) is 2. The SMILES string of the molecule is COc1ccc(C23CCC(NC(=O)Nc4cccc(F)c4)CC2CN(C)C3)cc1OC.O=C(O)C(F)(F)F.